The fraction of sp³-hybridized carbons (Fsp3) is 0.647. The Balaban J connectivity index is 2.22. The van der Waals surface area contributed by atoms with Gasteiger partial charge in [0.15, 0.2) is 0 Å². The molecule has 0 aliphatic heterocycles. The highest BCUT2D eigenvalue weighted by Gasteiger charge is 2.33. The molecule has 3 atom stereocenters. The third kappa shape index (κ3) is 3.86. The number of nitrogens with two attached hydrogens (primary N) is 1. The zero-order valence-electron chi connectivity index (χ0n) is 13.0. The molecule has 2 nitrogen and oxygen atoms in total. The molecular weight excluding hydrogens is 272 g/mol. The molecule has 1 aliphatic carbocycles. The van der Waals surface area contributed by atoms with Crippen LogP contribution in [0.15, 0.2) is 18.2 Å². The molecule has 3 unspecified atom stereocenters. The quantitative estimate of drug-likeness (QED) is 0.790. The summed E-state index contributed by atoms with van der Waals surface area (Å²) in [4.78, 5) is 0. The average molecular weight is 297 g/mol. The van der Waals surface area contributed by atoms with Gasteiger partial charge in [-0.1, -0.05) is 27.2 Å². The lowest BCUT2D eigenvalue weighted by Crippen LogP contribution is -2.36. The van der Waals surface area contributed by atoms with Crippen LogP contribution in [0.4, 0.5) is 14.5 Å². The van der Waals surface area contributed by atoms with Crippen LogP contribution >= 0.6 is 0 Å². The molecule has 0 bridgehead atoms. The normalized spacial score (nSPS) is 26.3. The van der Waals surface area contributed by atoms with Crippen molar-refractivity contribution >= 4 is 5.69 Å². The molecule has 0 amide bonds. The van der Waals surface area contributed by atoms with Crippen LogP contribution in [0, 0.1) is 17.8 Å². The number of hydrogen-bond acceptors (Lipinski definition) is 2. The van der Waals surface area contributed by atoms with Gasteiger partial charge in [-0.2, -0.15) is 0 Å². The molecule has 4 heteroatoms. The summed E-state index contributed by atoms with van der Waals surface area (Å²) in [5.41, 5.74) is 5.85. The topological polar surface area (TPSA) is 35.2 Å². The lowest BCUT2D eigenvalue weighted by atomic mass is 9.75. The number of ether oxygens (including phenoxy) is 1. The lowest BCUT2D eigenvalue weighted by Gasteiger charge is -2.37. The van der Waals surface area contributed by atoms with E-state index in [0.717, 1.165) is 12.8 Å². The summed E-state index contributed by atoms with van der Waals surface area (Å²) in [6, 6.07) is 4.52. The van der Waals surface area contributed by atoms with E-state index < -0.39 is 6.43 Å². The van der Waals surface area contributed by atoms with E-state index >= 15 is 0 Å². The van der Waals surface area contributed by atoms with E-state index in [1.807, 2.05) is 0 Å². The Hall–Kier alpha value is -1.32. The van der Waals surface area contributed by atoms with Crippen LogP contribution in [-0.2, 0) is 0 Å². The lowest BCUT2D eigenvalue weighted by molar-refractivity contribution is 0.0417. The maximum atomic E-state index is 13.2. The molecule has 2 N–H and O–H groups in total. The standard InChI is InChI=1S/C17H25F2NO/c1-10(2)13-6-4-11(3)8-16(13)21-15-7-5-12(20)9-14(15)17(18)19/h5,7,9-11,13,16-17H,4,6,8,20H2,1-3H3. The molecule has 0 radical (unpaired) electrons. The summed E-state index contributed by atoms with van der Waals surface area (Å²) in [6.07, 6.45) is 0.654. The van der Waals surface area contributed by atoms with Gasteiger partial charge in [0, 0.05) is 5.69 Å². The Morgan fingerprint density at radius 3 is 2.57 bits per heavy atom. The van der Waals surface area contributed by atoms with E-state index in [0.29, 0.717) is 23.4 Å². The first-order valence-electron chi connectivity index (χ1n) is 7.72. The highest BCUT2D eigenvalue weighted by Crippen LogP contribution is 2.38. The van der Waals surface area contributed by atoms with Crippen LogP contribution in [0.5, 0.6) is 5.75 Å². The third-order valence-corrected chi connectivity index (χ3v) is 4.51. The number of alkyl halides is 2. The van der Waals surface area contributed by atoms with Gasteiger partial charge in [-0.3, -0.25) is 0 Å². The SMILES string of the molecule is CC1CCC(C(C)C)C(Oc2ccc(N)cc2C(F)F)C1. The zero-order chi connectivity index (χ0) is 15.6. The fourth-order valence-electron chi connectivity index (χ4n) is 3.26. The van der Waals surface area contributed by atoms with Gasteiger partial charge in [-0.25, -0.2) is 8.78 Å². The first-order valence-corrected chi connectivity index (χ1v) is 7.72. The van der Waals surface area contributed by atoms with Crippen LogP contribution in [0.25, 0.3) is 0 Å². The van der Waals surface area contributed by atoms with Crippen molar-refractivity contribution in [2.24, 2.45) is 17.8 Å². The van der Waals surface area contributed by atoms with Crippen LogP contribution in [0.1, 0.15) is 52.0 Å². The Bertz CT molecular complexity index is 476. The van der Waals surface area contributed by atoms with E-state index in [1.165, 1.54) is 12.5 Å². The number of anilines is 1. The average Bonchev–Trinajstić information content (AvgIpc) is 2.40. The Kier molecular flexibility index (Phi) is 5.07. The molecule has 118 valence electrons. The van der Waals surface area contributed by atoms with E-state index in [2.05, 4.69) is 20.8 Å². The number of nitrogen functional groups attached to an aromatic ring is 1. The maximum Gasteiger partial charge on any atom is 0.267 e. The maximum absolute atomic E-state index is 13.2. The largest absolute Gasteiger partial charge is 0.490 e. The molecule has 1 aromatic rings. The van der Waals surface area contributed by atoms with Gasteiger partial charge in [0.05, 0.1) is 5.56 Å². The molecule has 1 aromatic carbocycles. The predicted molar refractivity (Wildman–Crippen MR) is 81.6 cm³/mol. The number of halogens is 2. The molecular formula is C17H25F2NO. The first-order chi connectivity index (χ1) is 9.88. The van der Waals surface area contributed by atoms with E-state index in [9.17, 15) is 8.78 Å². The molecule has 1 saturated carbocycles. The van der Waals surface area contributed by atoms with E-state index in [-0.39, 0.29) is 17.4 Å². The highest BCUT2D eigenvalue weighted by molar-refractivity contribution is 5.48. The van der Waals surface area contributed by atoms with Crippen LogP contribution in [0.3, 0.4) is 0 Å². The Morgan fingerprint density at radius 2 is 1.95 bits per heavy atom. The van der Waals surface area contributed by atoms with Crippen LogP contribution in [-0.4, -0.2) is 6.10 Å². The molecule has 21 heavy (non-hydrogen) atoms. The predicted octanol–water partition coefficient (Wildman–Crippen LogP) is 5.05. The zero-order valence-corrected chi connectivity index (χ0v) is 13.0. The van der Waals surface area contributed by atoms with Gasteiger partial charge < -0.3 is 10.5 Å². The van der Waals surface area contributed by atoms with Crippen molar-refractivity contribution in [3.63, 3.8) is 0 Å². The first kappa shape index (κ1) is 16.1. The smallest absolute Gasteiger partial charge is 0.267 e. The minimum atomic E-state index is -2.57. The summed E-state index contributed by atoms with van der Waals surface area (Å²) in [5.74, 6) is 1.77. The van der Waals surface area contributed by atoms with Crippen molar-refractivity contribution in [3.05, 3.63) is 23.8 Å². The third-order valence-electron chi connectivity index (χ3n) is 4.51. The number of benzene rings is 1. The summed E-state index contributed by atoms with van der Waals surface area (Å²) in [5, 5.41) is 0. The number of rotatable bonds is 4. The summed E-state index contributed by atoms with van der Waals surface area (Å²) < 4.78 is 32.3. The van der Waals surface area contributed by atoms with Gasteiger partial charge in [0.25, 0.3) is 6.43 Å². The summed E-state index contributed by atoms with van der Waals surface area (Å²) in [6.45, 7) is 6.55. The summed E-state index contributed by atoms with van der Waals surface area (Å²) in [7, 11) is 0. The monoisotopic (exact) mass is 297 g/mol. The van der Waals surface area contributed by atoms with Crippen molar-refractivity contribution in [3.8, 4) is 5.75 Å². The van der Waals surface area contributed by atoms with Crippen molar-refractivity contribution < 1.29 is 13.5 Å². The van der Waals surface area contributed by atoms with E-state index in [4.69, 9.17) is 10.5 Å². The Morgan fingerprint density at radius 1 is 1.24 bits per heavy atom. The second kappa shape index (κ2) is 6.63. The molecule has 0 aromatic heterocycles. The minimum absolute atomic E-state index is 0.00914. The second-order valence-electron chi connectivity index (χ2n) is 6.58. The highest BCUT2D eigenvalue weighted by atomic mass is 19.3. The van der Waals surface area contributed by atoms with Gasteiger partial charge in [0.1, 0.15) is 11.9 Å². The Labute approximate surface area is 125 Å². The van der Waals surface area contributed by atoms with Gasteiger partial charge in [-0.15, -0.1) is 0 Å². The van der Waals surface area contributed by atoms with Crippen molar-refractivity contribution in [2.45, 2.75) is 52.6 Å². The minimum Gasteiger partial charge on any atom is -0.490 e. The van der Waals surface area contributed by atoms with Gasteiger partial charge >= 0.3 is 0 Å². The molecule has 2 rings (SSSR count). The van der Waals surface area contributed by atoms with Crippen molar-refractivity contribution in [1.82, 2.24) is 0 Å². The van der Waals surface area contributed by atoms with Gasteiger partial charge in [-0.05, 0) is 48.8 Å². The van der Waals surface area contributed by atoms with Gasteiger partial charge in [0.2, 0.25) is 0 Å². The van der Waals surface area contributed by atoms with Crippen molar-refractivity contribution in [2.75, 3.05) is 5.73 Å². The molecule has 0 heterocycles. The fourth-order valence-corrected chi connectivity index (χ4v) is 3.26. The van der Waals surface area contributed by atoms with Crippen molar-refractivity contribution in [1.29, 1.82) is 0 Å². The molecule has 0 saturated heterocycles. The molecule has 1 fully saturated rings. The number of hydrogen-bond donors (Lipinski definition) is 1. The molecule has 1 aliphatic rings. The summed E-state index contributed by atoms with van der Waals surface area (Å²) >= 11 is 0. The second-order valence-corrected chi connectivity index (χ2v) is 6.58. The van der Waals surface area contributed by atoms with E-state index in [1.54, 1.807) is 12.1 Å². The van der Waals surface area contributed by atoms with Crippen LogP contribution < -0.4 is 10.5 Å². The molecule has 0 spiro atoms. The van der Waals surface area contributed by atoms with Crippen LogP contribution in [0.2, 0.25) is 0 Å².